The van der Waals surface area contributed by atoms with Crippen LogP contribution in [0.15, 0.2) is 48.5 Å². The molecule has 2 N–H and O–H groups in total. The molecule has 0 fully saturated rings. The third kappa shape index (κ3) is 5.63. The van der Waals surface area contributed by atoms with Crippen molar-refractivity contribution < 1.29 is 38.5 Å². The minimum absolute atomic E-state index is 0.0100. The number of methoxy groups -OCH3 is 2. The van der Waals surface area contributed by atoms with Crippen LogP contribution in [0.4, 0.5) is 5.69 Å². The standard InChI is InChI=1S/C20H19NO8/c1-27-18(24)13-8-9-14(19(25)28-2)15(10-13)21-16(22)11-29-20(26)17(23)12-6-4-3-5-7-12/h3-10,17,23H,11H2,1-2H3,(H,21,22)/t17-/m0/s1. The van der Waals surface area contributed by atoms with E-state index in [4.69, 9.17) is 4.74 Å². The first-order valence-corrected chi connectivity index (χ1v) is 8.37. The van der Waals surface area contributed by atoms with Gasteiger partial charge in [0, 0.05) is 0 Å². The van der Waals surface area contributed by atoms with Crippen molar-refractivity contribution in [3.8, 4) is 0 Å². The summed E-state index contributed by atoms with van der Waals surface area (Å²) in [6.45, 7) is -0.716. The molecule has 29 heavy (non-hydrogen) atoms. The largest absolute Gasteiger partial charge is 0.465 e. The van der Waals surface area contributed by atoms with E-state index in [0.717, 1.165) is 7.11 Å². The topological polar surface area (TPSA) is 128 Å². The van der Waals surface area contributed by atoms with E-state index in [9.17, 15) is 24.3 Å². The summed E-state index contributed by atoms with van der Waals surface area (Å²) >= 11 is 0. The molecule has 0 aliphatic heterocycles. The van der Waals surface area contributed by atoms with Gasteiger partial charge in [0.25, 0.3) is 5.91 Å². The van der Waals surface area contributed by atoms with E-state index in [0.29, 0.717) is 5.56 Å². The van der Waals surface area contributed by atoms with Crippen LogP contribution in [0.2, 0.25) is 0 Å². The lowest BCUT2D eigenvalue weighted by atomic mass is 10.1. The van der Waals surface area contributed by atoms with E-state index in [1.54, 1.807) is 18.2 Å². The normalized spacial score (nSPS) is 11.1. The second-order valence-corrected chi connectivity index (χ2v) is 5.71. The summed E-state index contributed by atoms with van der Waals surface area (Å²) < 4.78 is 14.1. The highest BCUT2D eigenvalue weighted by molar-refractivity contribution is 6.04. The van der Waals surface area contributed by atoms with Crippen molar-refractivity contribution >= 4 is 29.5 Å². The fraction of sp³-hybridized carbons (Fsp3) is 0.200. The molecule has 152 valence electrons. The van der Waals surface area contributed by atoms with Gasteiger partial charge in [-0.1, -0.05) is 30.3 Å². The van der Waals surface area contributed by atoms with Gasteiger partial charge in [-0.3, -0.25) is 4.79 Å². The van der Waals surface area contributed by atoms with Crippen LogP contribution in [0.5, 0.6) is 0 Å². The lowest BCUT2D eigenvalue weighted by Gasteiger charge is -2.13. The van der Waals surface area contributed by atoms with Crippen LogP contribution in [-0.4, -0.2) is 49.7 Å². The minimum atomic E-state index is -1.54. The Hall–Kier alpha value is -3.72. The Labute approximate surface area is 166 Å². The number of aliphatic hydroxyl groups is 1. The molecule has 1 atom stereocenters. The molecular formula is C20H19NO8. The molecule has 0 saturated heterocycles. The van der Waals surface area contributed by atoms with E-state index < -0.39 is 36.5 Å². The molecule has 0 saturated carbocycles. The first-order chi connectivity index (χ1) is 13.9. The van der Waals surface area contributed by atoms with Crippen molar-refractivity contribution in [3.63, 3.8) is 0 Å². The predicted octanol–water partition coefficient (Wildman–Crippen LogP) is 1.48. The molecule has 2 aromatic rings. The van der Waals surface area contributed by atoms with E-state index in [1.165, 1.54) is 37.4 Å². The molecule has 0 aliphatic carbocycles. The van der Waals surface area contributed by atoms with E-state index in [2.05, 4.69) is 14.8 Å². The van der Waals surface area contributed by atoms with E-state index in [-0.39, 0.29) is 16.8 Å². The molecule has 9 nitrogen and oxygen atoms in total. The summed E-state index contributed by atoms with van der Waals surface area (Å²) in [5.74, 6) is -3.21. The Bertz CT molecular complexity index is 910. The first-order valence-electron chi connectivity index (χ1n) is 8.37. The Balaban J connectivity index is 2.08. The fourth-order valence-electron chi connectivity index (χ4n) is 2.35. The van der Waals surface area contributed by atoms with Crippen molar-refractivity contribution in [1.29, 1.82) is 0 Å². The maximum Gasteiger partial charge on any atom is 0.340 e. The minimum Gasteiger partial charge on any atom is -0.465 e. The molecule has 0 bridgehead atoms. The highest BCUT2D eigenvalue weighted by Crippen LogP contribution is 2.20. The van der Waals surface area contributed by atoms with Crippen molar-refractivity contribution in [3.05, 3.63) is 65.2 Å². The number of carbonyl (C=O) groups is 4. The van der Waals surface area contributed by atoms with Gasteiger partial charge >= 0.3 is 17.9 Å². The van der Waals surface area contributed by atoms with Crippen molar-refractivity contribution in [2.45, 2.75) is 6.10 Å². The maximum absolute atomic E-state index is 12.2. The van der Waals surface area contributed by atoms with Gasteiger partial charge in [0.05, 0.1) is 31.0 Å². The second-order valence-electron chi connectivity index (χ2n) is 5.71. The molecule has 0 spiro atoms. The van der Waals surface area contributed by atoms with Gasteiger partial charge < -0.3 is 24.6 Å². The van der Waals surface area contributed by atoms with Gasteiger partial charge in [0.1, 0.15) is 0 Å². The number of rotatable bonds is 7. The van der Waals surface area contributed by atoms with Gasteiger partial charge in [-0.15, -0.1) is 0 Å². The van der Waals surface area contributed by atoms with Gasteiger partial charge in [-0.2, -0.15) is 0 Å². The smallest absolute Gasteiger partial charge is 0.340 e. The van der Waals surface area contributed by atoms with Crippen molar-refractivity contribution in [1.82, 2.24) is 0 Å². The summed E-state index contributed by atoms with van der Waals surface area (Å²) in [5, 5.41) is 12.3. The molecule has 9 heteroatoms. The monoisotopic (exact) mass is 401 g/mol. The van der Waals surface area contributed by atoms with Crippen molar-refractivity contribution in [2.75, 3.05) is 26.1 Å². The molecule has 1 amide bonds. The van der Waals surface area contributed by atoms with E-state index in [1.807, 2.05) is 0 Å². The molecule has 0 unspecified atom stereocenters. The number of hydrogen-bond donors (Lipinski definition) is 2. The molecule has 2 aromatic carbocycles. The van der Waals surface area contributed by atoms with Gasteiger partial charge in [-0.05, 0) is 23.8 Å². The highest BCUT2D eigenvalue weighted by Gasteiger charge is 2.21. The van der Waals surface area contributed by atoms with Gasteiger partial charge in [0.15, 0.2) is 12.7 Å². The maximum atomic E-state index is 12.2. The van der Waals surface area contributed by atoms with E-state index >= 15 is 0 Å². The Kier molecular flexibility index (Phi) is 7.44. The summed E-state index contributed by atoms with van der Waals surface area (Å²) in [5.41, 5.74) is 0.372. The Morgan fingerprint density at radius 2 is 1.62 bits per heavy atom. The number of aliphatic hydroxyl groups excluding tert-OH is 1. The SMILES string of the molecule is COC(=O)c1ccc(C(=O)OC)c(NC(=O)COC(=O)[C@@H](O)c2ccccc2)c1. The predicted molar refractivity (Wildman–Crippen MR) is 100 cm³/mol. The van der Waals surface area contributed by atoms with Crippen LogP contribution in [-0.2, 0) is 23.8 Å². The van der Waals surface area contributed by atoms with Crippen molar-refractivity contribution in [2.24, 2.45) is 0 Å². The summed E-state index contributed by atoms with van der Waals surface area (Å²) in [7, 11) is 2.35. The number of carbonyl (C=O) groups excluding carboxylic acids is 4. The number of ether oxygens (including phenoxy) is 3. The number of anilines is 1. The second kappa shape index (κ2) is 10.00. The fourth-order valence-corrected chi connectivity index (χ4v) is 2.35. The third-order valence-corrected chi connectivity index (χ3v) is 3.80. The average molecular weight is 401 g/mol. The summed E-state index contributed by atoms with van der Waals surface area (Å²) in [6.07, 6.45) is -1.54. The number of benzene rings is 2. The van der Waals surface area contributed by atoms with Crippen LogP contribution in [0.25, 0.3) is 0 Å². The van der Waals surface area contributed by atoms with Crippen LogP contribution in [0.1, 0.15) is 32.4 Å². The average Bonchev–Trinajstić information content (AvgIpc) is 2.76. The first kappa shape index (κ1) is 21.6. The zero-order chi connectivity index (χ0) is 21.4. The van der Waals surface area contributed by atoms with Crippen LogP contribution in [0.3, 0.4) is 0 Å². The number of nitrogens with one attached hydrogen (secondary N) is 1. The summed E-state index contributed by atoms with van der Waals surface area (Å²) in [6, 6.07) is 11.9. The Morgan fingerprint density at radius 1 is 0.966 bits per heavy atom. The zero-order valence-corrected chi connectivity index (χ0v) is 15.7. The molecule has 0 heterocycles. The quantitative estimate of drug-likeness (QED) is 0.527. The lowest BCUT2D eigenvalue weighted by Crippen LogP contribution is -2.25. The Morgan fingerprint density at radius 3 is 2.24 bits per heavy atom. The van der Waals surface area contributed by atoms with Gasteiger partial charge in [0.2, 0.25) is 0 Å². The zero-order valence-electron chi connectivity index (χ0n) is 15.7. The molecule has 0 radical (unpaired) electrons. The lowest BCUT2D eigenvalue weighted by molar-refractivity contribution is -0.156. The highest BCUT2D eigenvalue weighted by atomic mass is 16.6. The number of esters is 3. The number of amides is 1. The van der Waals surface area contributed by atoms with Crippen LogP contribution < -0.4 is 5.32 Å². The molecule has 2 rings (SSSR count). The summed E-state index contributed by atoms with van der Waals surface area (Å²) in [4.78, 5) is 47.6. The molecule has 0 aliphatic rings. The number of hydrogen-bond acceptors (Lipinski definition) is 8. The van der Waals surface area contributed by atoms with Crippen LogP contribution >= 0.6 is 0 Å². The van der Waals surface area contributed by atoms with Crippen LogP contribution in [0, 0.1) is 0 Å². The molecular weight excluding hydrogens is 382 g/mol. The van der Waals surface area contributed by atoms with Gasteiger partial charge in [-0.25, -0.2) is 14.4 Å². The molecule has 0 aromatic heterocycles. The third-order valence-electron chi connectivity index (χ3n) is 3.80.